The number of carbonyl (C=O) groups is 1. The molecule has 0 spiro atoms. The monoisotopic (exact) mass is 666 g/mol. The summed E-state index contributed by atoms with van der Waals surface area (Å²) in [5.74, 6) is 0.682. The summed E-state index contributed by atoms with van der Waals surface area (Å²) < 4.78 is 0. The van der Waals surface area contributed by atoms with Crippen molar-refractivity contribution in [3.63, 3.8) is 0 Å². The number of hydrogen-bond donors (Lipinski definition) is 3. The number of nitrogens with zero attached hydrogens (tertiary/aromatic N) is 3. The van der Waals surface area contributed by atoms with E-state index in [1.165, 1.54) is 12.1 Å². The summed E-state index contributed by atoms with van der Waals surface area (Å²) in [4.78, 5) is 33.4. The highest BCUT2D eigenvalue weighted by atomic mass is 35.5. The van der Waals surface area contributed by atoms with E-state index in [1.807, 2.05) is 47.4 Å². The quantitative estimate of drug-likeness (QED) is 0.0764. The molecular weight excluding hydrogens is 631 g/mol. The Morgan fingerprint density at radius 2 is 1.80 bits per heavy atom. The summed E-state index contributed by atoms with van der Waals surface area (Å²) in [6.07, 6.45) is 3.08. The van der Waals surface area contributed by atoms with Crippen molar-refractivity contribution in [2.75, 3.05) is 6.54 Å². The topological polar surface area (TPSA) is 116 Å². The number of amides is 1. The third-order valence-corrected chi connectivity index (χ3v) is 8.87. The van der Waals surface area contributed by atoms with Crippen LogP contribution in [0.5, 0.6) is 0 Å². The van der Waals surface area contributed by atoms with Gasteiger partial charge in [-0.25, -0.2) is 4.98 Å². The van der Waals surface area contributed by atoms with Crippen molar-refractivity contribution >= 4 is 52.1 Å². The molecule has 3 N–H and O–H groups in total. The fraction of sp³-hybridized carbons (Fsp3) is 0.303. The predicted octanol–water partition coefficient (Wildman–Crippen LogP) is 6.87. The number of imidazole rings is 1. The number of H-pyrrole nitrogens is 1. The number of benzene rings is 3. The molecule has 0 radical (unpaired) electrons. The molecule has 0 aliphatic heterocycles. The average Bonchev–Trinajstić information content (AvgIpc) is 3.47. The fourth-order valence-corrected chi connectivity index (χ4v) is 5.41. The number of nitrogens with one attached hydrogen (secondary N) is 3. The molecule has 0 aliphatic rings. The Labute approximate surface area is 278 Å². The van der Waals surface area contributed by atoms with Gasteiger partial charge in [-0.15, -0.1) is 0 Å². The third-order valence-electron chi connectivity index (χ3n) is 7.61. The van der Waals surface area contributed by atoms with E-state index in [9.17, 15) is 14.9 Å². The van der Waals surface area contributed by atoms with Gasteiger partial charge in [0.25, 0.3) is 5.69 Å². The second-order valence-electron chi connectivity index (χ2n) is 10.9. The zero-order chi connectivity index (χ0) is 32.3. The van der Waals surface area contributed by atoms with E-state index in [0.717, 1.165) is 23.1 Å². The van der Waals surface area contributed by atoms with Gasteiger partial charge in [-0.1, -0.05) is 98.1 Å². The van der Waals surface area contributed by atoms with Crippen molar-refractivity contribution < 1.29 is 9.72 Å². The van der Waals surface area contributed by atoms with Crippen molar-refractivity contribution in [1.29, 1.82) is 0 Å². The van der Waals surface area contributed by atoms with E-state index >= 15 is 0 Å². The Hall–Kier alpha value is -3.99. The van der Waals surface area contributed by atoms with Crippen molar-refractivity contribution in [2.24, 2.45) is 5.92 Å². The average molecular weight is 668 g/mol. The number of hydrogen-bond acceptors (Lipinski definition) is 5. The van der Waals surface area contributed by atoms with Crippen LogP contribution in [0.1, 0.15) is 48.5 Å². The summed E-state index contributed by atoms with van der Waals surface area (Å²) in [5, 5.41) is 19.0. The maximum Gasteiger partial charge on any atom is 0.269 e. The Morgan fingerprint density at radius 1 is 1.07 bits per heavy atom. The Morgan fingerprint density at radius 3 is 2.49 bits per heavy atom. The maximum absolute atomic E-state index is 13.3. The van der Waals surface area contributed by atoms with E-state index in [1.54, 1.807) is 24.4 Å². The summed E-state index contributed by atoms with van der Waals surface area (Å²) in [6, 6.07) is 21.6. The van der Waals surface area contributed by atoms with Gasteiger partial charge in [-0.2, -0.15) is 0 Å². The minimum absolute atomic E-state index is 0.0355. The lowest BCUT2D eigenvalue weighted by Crippen LogP contribution is -2.51. The first-order valence-electron chi connectivity index (χ1n) is 14.7. The van der Waals surface area contributed by atoms with Crippen LogP contribution in [0.3, 0.4) is 0 Å². The number of non-ortho nitro benzene ring substituents is 1. The molecule has 0 fully saturated rings. The van der Waals surface area contributed by atoms with Crippen LogP contribution < -0.4 is 10.6 Å². The number of aromatic nitrogens is 2. The van der Waals surface area contributed by atoms with E-state index in [-0.39, 0.29) is 30.0 Å². The number of halogens is 2. The fourth-order valence-electron chi connectivity index (χ4n) is 4.82. The van der Waals surface area contributed by atoms with Gasteiger partial charge in [0.2, 0.25) is 5.91 Å². The zero-order valence-electron chi connectivity index (χ0n) is 25.1. The predicted molar refractivity (Wildman–Crippen MR) is 182 cm³/mol. The molecule has 0 aliphatic carbocycles. The molecule has 0 saturated carbocycles. The summed E-state index contributed by atoms with van der Waals surface area (Å²) in [5.41, 5.74) is 3.52. The molecule has 1 aromatic heterocycles. The highest BCUT2D eigenvalue weighted by molar-refractivity contribution is 7.80. The van der Waals surface area contributed by atoms with Crippen molar-refractivity contribution in [2.45, 2.75) is 52.2 Å². The molecule has 236 valence electrons. The van der Waals surface area contributed by atoms with Crippen molar-refractivity contribution in [3.05, 3.63) is 127 Å². The second kappa shape index (κ2) is 16.4. The molecular formula is C33H36Cl2N6O3S. The van der Waals surface area contributed by atoms with Gasteiger partial charge < -0.3 is 20.5 Å². The number of carbonyl (C=O) groups excluding carboxylic acids is 1. The SMILES string of the molecule is CC[C@H](C)[C@@H](CN(Cc1cccc(Cl)c1Cl)C(=S)NCc1ccccc1)NC(=O)Cc1cnc(Cc2ccc([N+](=O)[O-])cc2)[nH]1. The van der Waals surface area contributed by atoms with E-state index in [0.29, 0.717) is 52.7 Å². The van der Waals surface area contributed by atoms with Gasteiger partial charge in [0.1, 0.15) is 5.82 Å². The molecule has 4 aromatic rings. The molecule has 9 nitrogen and oxygen atoms in total. The van der Waals surface area contributed by atoms with Gasteiger partial charge in [-0.3, -0.25) is 14.9 Å². The number of rotatable bonds is 14. The van der Waals surface area contributed by atoms with Crippen LogP contribution in [0.15, 0.2) is 79.0 Å². The summed E-state index contributed by atoms with van der Waals surface area (Å²) in [7, 11) is 0. The number of thiocarbonyl (C=S) groups is 1. The number of nitro groups is 1. The zero-order valence-corrected chi connectivity index (χ0v) is 27.5. The first-order valence-corrected chi connectivity index (χ1v) is 15.8. The van der Waals surface area contributed by atoms with Gasteiger partial charge in [0.15, 0.2) is 5.11 Å². The van der Waals surface area contributed by atoms with Crippen LogP contribution in [0.2, 0.25) is 10.0 Å². The van der Waals surface area contributed by atoms with Gasteiger partial charge in [0.05, 0.1) is 21.4 Å². The number of nitro benzene ring substituents is 1. The highest BCUT2D eigenvalue weighted by Crippen LogP contribution is 2.27. The molecule has 2 atom stereocenters. The van der Waals surface area contributed by atoms with Crippen molar-refractivity contribution in [1.82, 2.24) is 25.5 Å². The van der Waals surface area contributed by atoms with Crippen LogP contribution in [0.25, 0.3) is 0 Å². The minimum atomic E-state index is -0.430. The summed E-state index contributed by atoms with van der Waals surface area (Å²) >= 11 is 18.7. The lowest BCUT2D eigenvalue weighted by atomic mass is 9.98. The van der Waals surface area contributed by atoms with E-state index < -0.39 is 4.92 Å². The summed E-state index contributed by atoms with van der Waals surface area (Å²) in [6.45, 7) is 5.62. The highest BCUT2D eigenvalue weighted by Gasteiger charge is 2.24. The Kier molecular flexibility index (Phi) is 12.3. The largest absolute Gasteiger partial charge is 0.358 e. The molecule has 0 bridgehead atoms. The molecule has 3 aromatic carbocycles. The van der Waals surface area contributed by atoms with Crippen LogP contribution in [0, 0.1) is 16.0 Å². The van der Waals surface area contributed by atoms with Gasteiger partial charge in [-0.05, 0) is 40.9 Å². The van der Waals surface area contributed by atoms with Gasteiger partial charge >= 0.3 is 0 Å². The molecule has 45 heavy (non-hydrogen) atoms. The Balaban J connectivity index is 1.44. The lowest BCUT2D eigenvalue weighted by molar-refractivity contribution is -0.384. The molecule has 4 rings (SSSR count). The first kappa shape index (κ1) is 33.9. The second-order valence-corrected chi connectivity index (χ2v) is 12.1. The van der Waals surface area contributed by atoms with Gasteiger partial charge in [0, 0.05) is 56.1 Å². The number of aromatic amines is 1. The lowest BCUT2D eigenvalue weighted by Gasteiger charge is -2.33. The first-order chi connectivity index (χ1) is 21.6. The van der Waals surface area contributed by atoms with Crippen molar-refractivity contribution in [3.8, 4) is 0 Å². The smallest absolute Gasteiger partial charge is 0.269 e. The molecule has 0 unspecified atom stereocenters. The van der Waals surface area contributed by atoms with E-state index in [2.05, 4.69) is 34.4 Å². The standard InChI is InChI=1S/C33H36Cl2N6O3S/c1-3-22(2)29(39-31(42)17-26-19-36-30(38-26)16-23-12-14-27(15-13-23)41(43)44)21-40(20-25-10-7-11-28(34)32(25)35)33(45)37-18-24-8-5-4-6-9-24/h4-15,19,22,29H,3,16-18,20-21H2,1-2H3,(H,36,38)(H,37,45)(H,39,42)/t22-,29+/m0/s1. The van der Waals surface area contributed by atoms with Crippen LogP contribution in [-0.4, -0.2) is 43.4 Å². The van der Waals surface area contributed by atoms with Crippen LogP contribution >= 0.6 is 35.4 Å². The molecule has 12 heteroatoms. The van der Waals surface area contributed by atoms with E-state index in [4.69, 9.17) is 35.4 Å². The Bertz CT molecular complexity index is 1600. The molecule has 1 heterocycles. The molecule has 0 saturated heterocycles. The maximum atomic E-state index is 13.3. The molecule has 1 amide bonds. The third kappa shape index (κ3) is 10.0. The normalized spacial score (nSPS) is 12.3. The minimum Gasteiger partial charge on any atom is -0.358 e. The van der Waals surface area contributed by atoms with Crippen LogP contribution in [0.4, 0.5) is 5.69 Å². The van der Waals surface area contributed by atoms with Crippen LogP contribution in [-0.2, 0) is 30.7 Å².